The van der Waals surface area contributed by atoms with Gasteiger partial charge in [-0.2, -0.15) is 0 Å². The van der Waals surface area contributed by atoms with Crippen LogP contribution in [0.25, 0.3) is 0 Å². The Morgan fingerprint density at radius 3 is 2.56 bits per heavy atom. The fourth-order valence-corrected chi connectivity index (χ4v) is 0.321. The van der Waals surface area contributed by atoms with Crippen molar-refractivity contribution in [3.63, 3.8) is 0 Å². The molecule has 0 atom stereocenters. The lowest BCUT2D eigenvalue weighted by atomic mass is 10.7. The molecule has 0 radical (unpaired) electrons. The van der Waals surface area contributed by atoms with Crippen LogP contribution >= 0.6 is 0 Å². The molecule has 0 spiro atoms. The van der Waals surface area contributed by atoms with E-state index in [1.54, 1.807) is 14.1 Å². The quantitative estimate of drug-likeness (QED) is 0.519. The summed E-state index contributed by atoms with van der Waals surface area (Å²) in [5.74, 6) is 0. The van der Waals surface area contributed by atoms with Gasteiger partial charge in [-0.25, -0.2) is 4.79 Å². The highest BCUT2D eigenvalue weighted by molar-refractivity contribution is 5.73. The van der Waals surface area contributed by atoms with Crippen LogP contribution in [0.3, 0.4) is 0 Å². The van der Waals surface area contributed by atoms with Crippen molar-refractivity contribution in [1.82, 2.24) is 10.2 Å². The minimum absolute atomic E-state index is 0.0143. The highest BCUT2D eigenvalue weighted by atomic mass is 16.3. The van der Waals surface area contributed by atoms with Crippen molar-refractivity contribution < 1.29 is 9.90 Å². The van der Waals surface area contributed by atoms with Gasteiger partial charge in [0, 0.05) is 20.6 Å². The highest BCUT2D eigenvalue weighted by Crippen LogP contribution is 1.73. The summed E-state index contributed by atoms with van der Waals surface area (Å²) in [5.41, 5.74) is 0. The zero-order chi connectivity index (χ0) is 7.28. The fourth-order valence-electron chi connectivity index (χ4n) is 0.321. The maximum absolute atomic E-state index is 10.6. The van der Waals surface area contributed by atoms with Crippen LogP contribution in [-0.2, 0) is 0 Å². The van der Waals surface area contributed by atoms with Gasteiger partial charge in [0.05, 0.1) is 6.61 Å². The minimum atomic E-state index is -0.177. The maximum Gasteiger partial charge on any atom is 0.316 e. The van der Waals surface area contributed by atoms with Crippen molar-refractivity contribution in [2.24, 2.45) is 0 Å². The van der Waals surface area contributed by atoms with Crippen molar-refractivity contribution in [2.45, 2.75) is 0 Å². The average Bonchev–Trinajstić information content (AvgIpc) is 1.82. The topological polar surface area (TPSA) is 52.6 Å². The zero-order valence-electron chi connectivity index (χ0n) is 5.72. The number of hydrogen-bond donors (Lipinski definition) is 2. The van der Waals surface area contributed by atoms with E-state index in [4.69, 9.17) is 5.11 Å². The summed E-state index contributed by atoms with van der Waals surface area (Å²) >= 11 is 0. The van der Waals surface area contributed by atoms with Gasteiger partial charge in [-0.1, -0.05) is 0 Å². The molecule has 0 unspecified atom stereocenters. The summed E-state index contributed by atoms with van der Waals surface area (Å²) < 4.78 is 0. The molecule has 0 aromatic rings. The molecule has 0 saturated heterocycles. The Kier molecular flexibility index (Phi) is 3.79. The van der Waals surface area contributed by atoms with Crippen LogP contribution < -0.4 is 5.32 Å². The largest absolute Gasteiger partial charge is 0.395 e. The third-order valence-corrected chi connectivity index (χ3v) is 0.794. The van der Waals surface area contributed by atoms with Crippen LogP contribution in [-0.4, -0.2) is 43.3 Å². The standard InChI is InChI=1S/C5H12N2O2/c1-7(2)5(9)6-3-4-8/h8H,3-4H2,1-2H3,(H,6,9). The van der Waals surface area contributed by atoms with Gasteiger partial charge in [0.1, 0.15) is 0 Å². The van der Waals surface area contributed by atoms with E-state index < -0.39 is 0 Å². The molecule has 0 aromatic heterocycles. The van der Waals surface area contributed by atoms with E-state index in [1.807, 2.05) is 0 Å². The molecule has 4 nitrogen and oxygen atoms in total. The van der Waals surface area contributed by atoms with Gasteiger partial charge < -0.3 is 15.3 Å². The summed E-state index contributed by atoms with van der Waals surface area (Å²) in [7, 11) is 3.29. The summed E-state index contributed by atoms with van der Waals surface area (Å²) in [4.78, 5) is 12.0. The molecule has 0 aliphatic carbocycles. The van der Waals surface area contributed by atoms with E-state index in [2.05, 4.69) is 5.32 Å². The van der Waals surface area contributed by atoms with Crippen LogP contribution in [0.2, 0.25) is 0 Å². The third-order valence-electron chi connectivity index (χ3n) is 0.794. The lowest BCUT2D eigenvalue weighted by Crippen LogP contribution is -2.35. The van der Waals surface area contributed by atoms with E-state index in [9.17, 15) is 4.79 Å². The Morgan fingerprint density at radius 2 is 2.22 bits per heavy atom. The van der Waals surface area contributed by atoms with Crippen molar-refractivity contribution in [1.29, 1.82) is 0 Å². The molecule has 0 bridgehead atoms. The molecule has 9 heavy (non-hydrogen) atoms. The average molecular weight is 132 g/mol. The van der Waals surface area contributed by atoms with Crippen molar-refractivity contribution in [3.05, 3.63) is 0 Å². The molecule has 0 fully saturated rings. The van der Waals surface area contributed by atoms with Crippen LogP contribution in [0.1, 0.15) is 0 Å². The number of aliphatic hydroxyl groups is 1. The molecular weight excluding hydrogens is 120 g/mol. The first-order valence-corrected chi connectivity index (χ1v) is 2.74. The maximum atomic E-state index is 10.6. The Balaban J connectivity index is 3.28. The lowest BCUT2D eigenvalue weighted by Gasteiger charge is -2.09. The molecule has 0 heterocycles. The number of rotatable bonds is 2. The Bertz CT molecular complexity index is 93.0. The molecular formula is C5H12N2O2. The predicted molar refractivity (Wildman–Crippen MR) is 34.2 cm³/mol. The van der Waals surface area contributed by atoms with Crippen LogP contribution in [0.15, 0.2) is 0 Å². The number of nitrogens with one attached hydrogen (secondary N) is 1. The van der Waals surface area contributed by atoms with Gasteiger partial charge in [-0.05, 0) is 0 Å². The molecule has 54 valence electrons. The minimum Gasteiger partial charge on any atom is -0.395 e. The van der Waals surface area contributed by atoms with E-state index in [0.29, 0.717) is 6.54 Å². The van der Waals surface area contributed by atoms with Crippen molar-refractivity contribution in [2.75, 3.05) is 27.2 Å². The van der Waals surface area contributed by atoms with Gasteiger partial charge in [-0.3, -0.25) is 0 Å². The third kappa shape index (κ3) is 3.78. The first-order chi connectivity index (χ1) is 4.18. The number of urea groups is 1. The second-order valence-corrected chi connectivity index (χ2v) is 1.85. The zero-order valence-corrected chi connectivity index (χ0v) is 5.72. The van der Waals surface area contributed by atoms with Gasteiger partial charge >= 0.3 is 6.03 Å². The SMILES string of the molecule is CN(C)C(=O)NCCO. The molecule has 2 amide bonds. The normalized spacial score (nSPS) is 8.78. The van der Waals surface area contributed by atoms with Crippen molar-refractivity contribution >= 4 is 6.03 Å². The first kappa shape index (κ1) is 8.23. The number of carbonyl (C=O) groups is 1. The Labute approximate surface area is 54.5 Å². The Morgan fingerprint density at radius 1 is 1.67 bits per heavy atom. The second-order valence-electron chi connectivity index (χ2n) is 1.85. The summed E-state index contributed by atoms with van der Waals surface area (Å²) in [6.45, 7) is 0.302. The first-order valence-electron chi connectivity index (χ1n) is 2.74. The highest BCUT2D eigenvalue weighted by Gasteiger charge is 1.98. The molecule has 4 heteroatoms. The van der Waals surface area contributed by atoms with Gasteiger partial charge in [0.15, 0.2) is 0 Å². The summed E-state index contributed by atoms with van der Waals surface area (Å²) in [6, 6.07) is -0.177. The fraction of sp³-hybridized carbons (Fsp3) is 0.800. The molecule has 2 N–H and O–H groups in total. The van der Waals surface area contributed by atoms with E-state index in [1.165, 1.54) is 4.90 Å². The molecule has 0 aliphatic rings. The second kappa shape index (κ2) is 4.14. The van der Waals surface area contributed by atoms with E-state index in [-0.39, 0.29) is 12.6 Å². The predicted octanol–water partition coefficient (Wildman–Crippen LogP) is -0.750. The number of hydrogen-bond acceptors (Lipinski definition) is 2. The molecule has 0 rings (SSSR count). The van der Waals surface area contributed by atoms with Gasteiger partial charge in [-0.15, -0.1) is 0 Å². The summed E-state index contributed by atoms with van der Waals surface area (Å²) in [6.07, 6.45) is 0. The Hall–Kier alpha value is -0.770. The van der Waals surface area contributed by atoms with Crippen LogP contribution in [0, 0.1) is 0 Å². The van der Waals surface area contributed by atoms with Crippen molar-refractivity contribution in [3.8, 4) is 0 Å². The molecule has 0 saturated carbocycles. The van der Waals surface area contributed by atoms with Gasteiger partial charge in [0.2, 0.25) is 0 Å². The lowest BCUT2D eigenvalue weighted by molar-refractivity contribution is 0.212. The summed E-state index contributed by atoms with van der Waals surface area (Å²) in [5, 5.41) is 10.7. The monoisotopic (exact) mass is 132 g/mol. The van der Waals surface area contributed by atoms with Crippen LogP contribution in [0.4, 0.5) is 4.79 Å². The van der Waals surface area contributed by atoms with Gasteiger partial charge in [0.25, 0.3) is 0 Å². The smallest absolute Gasteiger partial charge is 0.316 e. The number of nitrogens with zero attached hydrogens (tertiary/aromatic N) is 1. The van der Waals surface area contributed by atoms with E-state index >= 15 is 0 Å². The molecule has 0 aromatic carbocycles. The molecule has 0 aliphatic heterocycles. The van der Waals surface area contributed by atoms with E-state index in [0.717, 1.165) is 0 Å². The number of carbonyl (C=O) groups excluding carboxylic acids is 1. The van der Waals surface area contributed by atoms with Crippen LogP contribution in [0.5, 0.6) is 0 Å². The number of amides is 2. The number of aliphatic hydroxyl groups excluding tert-OH is 1.